The normalized spacial score (nSPS) is 14.8. The van der Waals surface area contributed by atoms with E-state index in [1.54, 1.807) is 12.2 Å². The highest BCUT2D eigenvalue weighted by atomic mass is 16.2. The first-order chi connectivity index (χ1) is 10.6. The van der Waals surface area contributed by atoms with Crippen LogP contribution in [0.15, 0.2) is 72.4 Å². The Kier molecular flexibility index (Phi) is 5.55. The third kappa shape index (κ3) is 4.94. The summed E-state index contributed by atoms with van der Waals surface area (Å²) in [4.78, 5) is 33.9. The minimum atomic E-state index is -0.522. The maximum atomic E-state index is 11.7. The molecule has 0 radical (unpaired) electrons. The molecule has 0 aliphatic heterocycles. The summed E-state index contributed by atoms with van der Waals surface area (Å²) in [6, 6.07) is 9.81. The van der Waals surface area contributed by atoms with Gasteiger partial charge in [0.25, 0.3) is 0 Å². The van der Waals surface area contributed by atoms with Crippen LogP contribution in [0.2, 0.25) is 0 Å². The minimum Gasteiger partial charge on any atom is -0.295 e. The van der Waals surface area contributed by atoms with Crippen LogP contribution in [0.25, 0.3) is 6.08 Å². The van der Waals surface area contributed by atoms with Crippen molar-refractivity contribution in [2.75, 3.05) is 0 Å². The van der Waals surface area contributed by atoms with Crippen LogP contribution in [-0.2, 0) is 14.4 Å². The Labute approximate surface area is 129 Å². The molecular weight excluding hydrogens is 276 g/mol. The monoisotopic (exact) mass is 292 g/mol. The first-order valence-corrected chi connectivity index (χ1v) is 7.05. The van der Waals surface area contributed by atoms with Crippen molar-refractivity contribution in [2.24, 2.45) is 0 Å². The predicted molar refractivity (Wildman–Crippen MR) is 86.1 cm³/mol. The summed E-state index contributed by atoms with van der Waals surface area (Å²) in [6.45, 7) is 0. The largest absolute Gasteiger partial charge is 0.295 e. The Morgan fingerprint density at radius 3 is 2.45 bits per heavy atom. The number of ketones is 3. The summed E-state index contributed by atoms with van der Waals surface area (Å²) in [5.41, 5.74) is 1.78. The molecule has 0 bridgehead atoms. The average Bonchev–Trinajstić information content (AvgIpc) is 2.54. The summed E-state index contributed by atoms with van der Waals surface area (Å²) in [7, 11) is 0. The van der Waals surface area contributed by atoms with Crippen LogP contribution in [0.1, 0.15) is 18.4 Å². The fraction of sp³-hybridized carbons (Fsp3) is 0.105. The highest BCUT2D eigenvalue weighted by Gasteiger charge is 2.13. The second-order valence-corrected chi connectivity index (χ2v) is 4.88. The predicted octanol–water partition coefficient (Wildman–Crippen LogP) is 3.24. The number of rotatable bonds is 6. The standard InChI is InChI=1S/C19H16O3/c20-17(9-5-4-8-15-6-2-1-3-7-15)12-10-16-11-13-18(21)19(22)14-16/h1-9,11,13-14H,10,12H2/b8-4+,9-5+. The topological polar surface area (TPSA) is 51.2 Å². The number of hydrogen-bond acceptors (Lipinski definition) is 3. The first kappa shape index (κ1) is 15.6. The lowest BCUT2D eigenvalue weighted by atomic mass is 10.00. The third-order valence-corrected chi connectivity index (χ3v) is 3.15. The minimum absolute atomic E-state index is 0.0173. The third-order valence-electron chi connectivity index (χ3n) is 3.15. The van der Waals surface area contributed by atoms with Crippen molar-refractivity contribution in [2.45, 2.75) is 12.8 Å². The van der Waals surface area contributed by atoms with Gasteiger partial charge in [-0.15, -0.1) is 0 Å². The molecule has 1 aliphatic rings. The average molecular weight is 292 g/mol. The zero-order chi connectivity index (χ0) is 15.8. The lowest BCUT2D eigenvalue weighted by molar-refractivity contribution is -0.131. The van der Waals surface area contributed by atoms with Gasteiger partial charge in [0, 0.05) is 6.42 Å². The van der Waals surface area contributed by atoms with Crippen molar-refractivity contribution in [3.8, 4) is 0 Å². The number of hydrogen-bond donors (Lipinski definition) is 0. The maximum Gasteiger partial charge on any atom is 0.225 e. The van der Waals surface area contributed by atoms with Gasteiger partial charge in [0.2, 0.25) is 11.6 Å². The molecule has 0 N–H and O–H groups in total. The summed E-state index contributed by atoms with van der Waals surface area (Å²) in [6.07, 6.45) is 11.9. The number of benzene rings is 1. The van der Waals surface area contributed by atoms with Gasteiger partial charge in [-0.1, -0.05) is 54.6 Å². The van der Waals surface area contributed by atoms with Crippen molar-refractivity contribution in [3.63, 3.8) is 0 Å². The SMILES string of the molecule is O=C(/C=C/C=C/c1ccccc1)CCC1=CC(=O)C(=O)C=C1. The van der Waals surface area contributed by atoms with E-state index in [-0.39, 0.29) is 5.78 Å². The van der Waals surface area contributed by atoms with Gasteiger partial charge in [-0.2, -0.15) is 0 Å². The molecule has 0 spiro atoms. The van der Waals surface area contributed by atoms with Gasteiger partial charge in [0.1, 0.15) is 0 Å². The van der Waals surface area contributed by atoms with E-state index in [2.05, 4.69) is 0 Å². The lowest BCUT2D eigenvalue weighted by Crippen LogP contribution is -2.11. The van der Waals surface area contributed by atoms with Crippen LogP contribution < -0.4 is 0 Å². The van der Waals surface area contributed by atoms with Gasteiger partial charge in [0.05, 0.1) is 0 Å². The molecule has 2 rings (SSSR count). The molecule has 1 aliphatic carbocycles. The van der Waals surface area contributed by atoms with Gasteiger partial charge in [-0.25, -0.2) is 0 Å². The molecule has 1 aromatic carbocycles. The molecule has 0 unspecified atom stereocenters. The molecule has 0 atom stereocenters. The van der Waals surface area contributed by atoms with Gasteiger partial charge in [-0.3, -0.25) is 14.4 Å². The van der Waals surface area contributed by atoms with E-state index in [1.165, 1.54) is 18.2 Å². The van der Waals surface area contributed by atoms with Crippen molar-refractivity contribution >= 4 is 23.4 Å². The molecule has 3 nitrogen and oxygen atoms in total. The summed E-state index contributed by atoms with van der Waals surface area (Å²) in [5, 5.41) is 0. The molecule has 0 amide bonds. The first-order valence-electron chi connectivity index (χ1n) is 7.05. The van der Waals surface area contributed by atoms with E-state index < -0.39 is 11.6 Å². The summed E-state index contributed by atoms with van der Waals surface area (Å²) < 4.78 is 0. The lowest BCUT2D eigenvalue weighted by Gasteiger charge is -2.03. The van der Waals surface area contributed by atoms with Crippen molar-refractivity contribution in [1.29, 1.82) is 0 Å². The van der Waals surface area contributed by atoms with Gasteiger partial charge >= 0.3 is 0 Å². The Balaban J connectivity index is 1.79. The Hall–Kier alpha value is -2.81. The second-order valence-electron chi connectivity index (χ2n) is 4.88. The van der Waals surface area contributed by atoms with E-state index in [1.807, 2.05) is 42.5 Å². The zero-order valence-corrected chi connectivity index (χ0v) is 12.1. The molecule has 0 fully saturated rings. The van der Waals surface area contributed by atoms with Crippen LogP contribution in [0, 0.1) is 0 Å². The Morgan fingerprint density at radius 1 is 0.955 bits per heavy atom. The van der Waals surface area contributed by atoms with Crippen LogP contribution in [-0.4, -0.2) is 17.3 Å². The Bertz CT molecular complexity index is 689. The van der Waals surface area contributed by atoms with Crippen LogP contribution in [0.5, 0.6) is 0 Å². The molecule has 0 aromatic heterocycles. The highest BCUT2D eigenvalue weighted by Crippen LogP contribution is 2.12. The van der Waals surface area contributed by atoms with Crippen LogP contribution in [0.4, 0.5) is 0 Å². The summed E-state index contributed by atoms with van der Waals surface area (Å²) >= 11 is 0. The summed E-state index contributed by atoms with van der Waals surface area (Å²) in [5.74, 6) is -1.05. The van der Waals surface area contributed by atoms with Gasteiger partial charge in [-0.05, 0) is 35.8 Å². The number of allylic oxidation sites excluding steroid dienone is 7. The zero-order valence-electron chi connectivity index (χ0n) is 12.1. The molecule has 110 valence electrons. The van der Waals surface area contributed by atoms with E-state index >= 15 is 0 Å². The molecule has 0 heterocycles. The number of carbonyl (C=O) groups is 3. The second kappa shape index (κ2) is 7.84. The molecule has 3 heteroatoms. The van der Waals surface area contributed by atoms with Crippen LogP contribution >= 0.6 is 0 Å². The van der Waals surface area contributed by atoms with Gasteiger partial charge in [0.15, 0.2) is 5.78 Å². The quantitative estimate of drug-likeness (QED) is 0.350. The van der Waals surface area contributed by atoms with Crippen LogP contribution in [0.3, 0.4) is 0 Å². The highest BCUT2D eigenvalue weighted by molar-refractivity contribution is 6.46. The smallest absolute Gasteiger partial charge is 0.225 e. The van der Waals surface area contributed by atoms with E-state index in [9.17, 15) is 14.4 Å². The molecule has 22 heavy (non-hydrogen) atoms. The molecular formula is C19H16O3. The number of carbonyl (C=O) groups excluding carboxylic acids is 3. The Morgan fingerprint density at radius 2 is 1.73 bits per heavy atom. The van der Waals surface area contributed by atoms with E-state index in [0.29, 0.717) is 18.4 Å². The maximum absolute atomic E-state index is 11.7. The van der Waals surface area contributed by atoms with Crippen molar-refractivity contribution < 1.29 is 14.4 Å². The van der Waals surface area contributed by atoms with Gasteiger partial charge < -0.3 is 0 Å². The molecule has 0 saturated carbocycles. The molecule has 1 aromatic rings. The molecule has 0 saturated heterocycles. The fourth-order valence-electron chi connectivity index (χ4n) is 1.95. The van der Waals surface area contributed by atoms with Crippen molar-refractivity contribution in [1.82, 2.24) is 0 Å². The fourth-order valence-corrected chi connectivity index (χ4v) is 1.95. The van der Waals surface area contributed by atoms with E-state index in [0.717, 1.165) is 5.56 Å². The van der Waals surface area contributed by atoms with Crippen molar-refractivity contribution in [3.05, 3.63) is 77.9 Å². The van der Waals surface area contributed by atoms with E-state index in [4.69, 9.17) is 0 Å².